The molecule has 32 heavy (non-hydrogen) atoms. The number of alkyl halides is 3. The van der Waals surface area contributed by atoms with Crippen molar-refractivity contribution in [1.82, 2.24) is 9.97 Å². The lowest BCUT2D eigenvalue weighted by Crippen LogP contribution is -2.55. The van der Waals surface area contributed by atoms with Crippen molar-refractivity contribution in [3.8, 4) is 11.6 Å². The van der Waals surface area contributed by atoms with Gasteiger partial charge in [-0.25, -0.2) is 9.37 Å². The Labute approximate surface area is 189 Å². The molecule has 2 fully saturated rings. The SMILES string of the molecule is CC1(C)O[C@@H]2[C@H](O1)[C@@H](Oc1cncc(C(F)(F)F)n1)CO[C@@H]2COc1ccc(Br)c(F)c1. The third-order valence-electron chi connectivity index (χ3n) is 4.85. The molecule has 3 heterocycles. The Morgan fingerprint density at radius 1 is 1.19 bits per heavy atom. The number of rotatable bonds is 5. The Balaban J connectivity index is 1.46. The average molecular weight is 523 g/mol. The lowest BCUT2D eigenvalue weighted by molar-refractivity contribution is -0.156. The monoisotopic (exact) mass is 522 g/mol. The van der Waals surface area contributed by atoms with Gasteiger partial charge in [-0.1, -0.05) is 0 Å². The second-order valence-corrected chi connectivity index (χ2v) is 8.57. The van der Waals surface area contributed by atoms with Gasteiger partial charge in [0.15, 0.2) is 17.6 Å². The molecule has 7 nitrogen and oxygen atoms in total. The molecule has 0 aliphatic carbocycles. The van der Waals surface area contributed by atoms with Crippen LogP contribution in [0.5, 0.6) is 11.6 Å². The second kappa shape index (κ2) is 8.73. The molecule has 0 radical (unpaired) electrons. The van der Waals surface area contributed by atoms with Gasteiger partial charge in [0.1, 0.15) is 36.5 Å². The van der Waals surface area contributed by atoms with E-state index in [1.54, 1.807) is 19.9 Å². The van der Waals surface area contributed by atoms with Gasteiger partial charge >= 0.3 is 6.18 Å². The van der Waals surface area contributed by atoms with Crippen LogP contribution in [0.3, 0.4) is 0 Å². The number of hydrogen-bond donors (Lipinski definition) is 0. The molecule has 1 aromatic carbocycles. The van der Waals surface area contributed by atoms with Crippen LogP contribution in [0.1, 0.15) is 19.5 Å². The van der Waals surface area contributed by atoms with Crippen molar-refractivity contribution in [2.45, 2.75) is 50.2 Å². The van der Waals surface area contributed by atoms with Gasteiger partial charge in [0, 0.05) is 6.07 Å². The maximum Gasteiger partial charge on any atom is 0.435 e. The molecule has 174 valence electrons. The molecular weight excluding hydrogens is 504 g/mol. The summed E-state index contributed by atoms with van der Waals surface area (Å²) in [6.07, 6.45) is -5.62. The Hall–Kier alpha value is -2.02. The molecule has 0 unspecified atom stereocenters. The molecule has 0 spiro atoms. The molecule has 4 atom stereocenters. The van der Waals surface area contributed by atoms with Gasteiger partial charge in [0.2, 0.25) is 5.88 Å². The molecule has 0 bridgehead atoms. The highest BCUT2D eigenvalue weighted by Crippen LogP contribution is 2.37. The minimum absolute atomic E-state index is 0.0126. The van der Waals surface area contributed by atoms with E-state index in [-0.39, 0.29) is 19.1 Å². The molecule has 1 aromatic heterocycles. The topological polar surface area (TPSA) is 71.9 Å². The number of aromatic nitrogens is 2. The van der Waals surface area contributed by atoms with Gasteiger partial charge in [-0.2, -0.15) is 13.2 Å². The van der Waals surface area contributed by atoms with Crippen molar-refractivity contribution in [3.05, 3.63) is 46.6 Å². The van der Waals surface area contributed by atoms with Crippen LogP contribution < -0.4 is 9.47 Å². The van der Waals surface area contributed by atoms with Gasteiger partial charge in [-0.15, -0.1) is 0 Å². The largest absolute Gasteiger partial charge is 0.491 e. The maximum atomic E-state index is 13.7. The predicted octanol–water partition coefficient (Wildman–Crippen LogP) is 4.14. The maximum absolute atomic E-state index is 13.7. The smallest absolute Gasteiger partial charge is 0.435 e. The van der Waals surface area contributed by atoms with Crippen molar-refractivity contribution in [2.75, 3.05) is 13.2 Å². The Kier molecular flexibility index (Phi) is 6.31. The summed E-state index contributed by atoms with van der Waals surface area (Å²) in [5.74, 6) is -1.45. The van der Waals surface area contributed by atoms with Crippen molar-refractivity contribution in [2.24, 2.45) is 0 Å². The van der Waals surface area contributed by atoms with Gasteiger partial charge in [0.25, 0.3) is 0 Å². The first-order valence-corrected chi connectivity index (χ1v) is 10.4. The first kappa shape index (κ1) is 23.1. The molecule has 2 aliphatic heterocycles. The summed E-state index contributed by atoms with van der Waals surface area (Å²) in [6.45, 7) is 3.43. The summed E-state index contributed by atoms with van der Waals surface area (Å²) in [6, 6.07) is 4.35. The van der Waals surface area contributed by atoms with Crippen LogP contribution in [0.4, 0.5) is 17.6 Å². The number of halogens is 5. The van der Waals surface area contributed by atoms with Crippen LogP contribution in [-0.4, -0.2) is 53.4 Å². The normalized spacial score (nSPS) is 27.1. The zero-order chi connectivity index (χ0) is 23.1. The molecule has 0 saturated carbocycles. The molecule has 2 saturated heterocycles. The lowest BCUT2D eigenvalue weighted by Gasteiger charge is -2.36. The van der Waals surface area contributed by atoms with Crippen LogP contribution in [0, 0.1) is 5.82 Å². The Bertz CT molecular complexity index is 977. The molecule has 12 heteroatoms. The number of ether oxygens (including phenoxy) is 5. The zero-order valence-corrected chi connectivity index (χ0v) is 18.5. The van der Waals surface area contributed by atoms with Crippen LogP contribution in [0.2, 0.25) is 0 Å². The van der Waals surface area contributed by atoms with E-state index < -0.39 is 47.9 Å². The minimum atomic E-state index is -4.65. The standard InChI is InChI=1S/C20H19BrF4N2O5/c1-19(2)31-17-13(8-28-10-3-4-11(21)12(22)5-10)29-9-14(18(17)32-19)30-16-7-26-6-15(27-16)20(23,24)25/h3-7,13-14,17-18H,8-9H2,1-2H3/t13-,14+,17+,18-/m1/s1. The van der Waals surface area contributed by atoms with Crippen molar-refractivity contribution in [1.29, 1.82) is 0 Å². The van der Waals surface area contributed by atoms with Gasteiger partial charge in [-0.3, -0.25) is 4.98 Å². The number of benzene rings is 1. The highest BCUT2D eigenvalue weighted by molar-refractivity contribution is 9.10. The third kappa shape index (κ3) is 5.13. The van der Waals surface area contributed by atoms with E-state index in [9.17, 15) is 17.6 Å². The van der Waals surface area contributed by atoms with Crippen LogP contribution in [0.25, 0.3) is 0 Å². The van der Waals surface area contributed by atoms with E-state index in [1.165, 1.54) is 12.1 Å². The van der Waals surface area contributed by atoms with E-state index >= 15 is 0 Å². The van der Waals surface area contributed by atoms with Crippen LogP contribution in [-0.2, 0) is 20.4 Å². The average Bonchev–Trinajstić information content (AvgIpc) is 3.05. The fraction of sp³-hybridized carbons (Fsp3) is 0.500. The fourth-order valence-electron chi connectivity index (χ4n) is 3.49. The molecule has 4 rings (SSSR count). The second-order valence-electron chi connectivity index (χ2n) is 7.72. The Morgan fingerprint density at radius 3 is 2.66 bits per heavy atom. The Morgan fingerprint density at radius 2 is 1.94 bits per heavy atom. The van der Waals surface area contributed by atoms with Crippen molar-refractivity contribution >= 4 is 15.9 Å². The van der Waals surface area contributed by atoms with E-state index in [2.05, 4.69) is 25.9 Å². The molecule has 0 N–H and O–H groups in total. The fourth-order valence-corrected chi connectivity index (χ4v) is 3.73. The van der Waals surface area contributed by atoms with Gasteiger partial charge in [0.05, 0.1) is 23.5 Å². The summed E-state index contributed by atoms with van der Waals surface area (Å²) in [5.41, 5.74) is -1.17. The summed E-state index contributed by atoms with van der Waals surface area (Å²) in [4.78, 5) is 7.02. The number of fused-ring (bicyclic) bond motifs is 1. The molecule has 2 aliphatic rings. The summed E-state index contributed by atoms with van der Waals surface area (Å²) < 4.78 is 81.8. The van der Waals surface area contributed by atoms with Crippen molar-refractivity contribution < 1.29 is 41.2 Å². The van der Waals surface area contributed by atoms with E-state index in [0.717, 1.165) is 6.20 Å². The van der Waals surface area contributed by atoms with Crippen LogP contribution in [0.15, 0.2) is 35.1 Å². The first-order valence-electron chi connectivity index (χ1n) is 9.63. The van der Waals surface area contributed by atoms with Crippen molar-refractivity contribution in [3.63, 3.8) is 0 Å². The van der Waals surface area contributed by atoms with E-state index in [0.29, 0.717) is 16.4 Å². The van der Waals surface area contributed by atoms with E-state index in [1.807, 2.05) is 0 Å². The molecule has 0 amide bonds. The summed E-state index contributed by atoms with van der Waals surface area (Å²) in [7, 11) is 0. The minimum Gasteiger partial charge on any atom is -0.491 e. The number of hydrogen-bond acceptors (Lipinski definition) is 7. The van der Waals surface area contributed by atoms with Gasteiger partial charge in [-0.05, 0) is 41.9 Å². The quantitative estimate of drug-likeness (QED) is 0.546. The zero-order valence-electron chi connectivity index (χ0n) is 16.9. The first-order chi connectivity index (χ1) is 15.0. The highest BCUT2D eigenvalue weighted by Gasteiger charge is 2.53. The van der Waals surface area contributed by atoms with Crippen LogP contribution >= 0.6 is 15.9 Å². The summed E-state index contributed by atoms with van der Waals surface area (Å²) in [5, 5.41) is 0. The predicted molar refractivity (Wildman–Crippen MR) is 105 cm³/mol. The number of nitrogens with zero attached hydrogens (tertiary/aromatic N) is 2. The summed E-state index contributed by atoms with van der Waals surface area (Å²) >= 11 is 3.08. The lowest BCUT2D eigenvalue weighted by atomic mass is 10.0. The highest BCUT2D eigenvalue weighted by atomic mass is 79.9. The van der Waals surface area contributed by atoms with E-state index in [4.69, 9.17) is 23.7 Å². The van der Waals surface area contributed by atoms with Gasteiger partial charge < -0.3 is 23.7 Å². The molecule has 2 aromatic rings. The molecular formula is C20H19BrF4N2O5. The third-order valence-corrected chi connectivity index (χ3v) is 5.49.